The molecule has 2 unspecified atom stereocenters. The maximum atomic E-state index is 11.4. The molecule has 0 aliphatic carbocycles. The van der Waals surface area contributed by atoms with Gasteiger partial charge in [0.05, 0.1) is 18.5 Å². The molecule has 2 aliphatic heterocycles. The first-order chi connectivity index (χ1) is 7.56. The number of rotatable bonds is 2. The summed E-state index contributed by atoms with van der Waals surface area (Å²) in [6, 6.07) is -1.25. The third kappa shape index (κ3) is 2.08. The summed E-state index contributed by atoms with van der Waals surface area (Å²) in [5.41, 5.74) is 0. The Bertz CT molecular complexity index is 379. The predicted octanol–water partition coefficient (Wildman–Crippen LogP) is -2.20. The Balaban J connectivity index is 1.95. The lowest BCUT2D eigenvalue weighted by Gasteiger charge is -2.23. The second-order valence-electron chi connectivity index (χ2n) is 3.84. The van der Waals surface area contributed by atoms with E-state index in [0.29, 0.717) is 6.42 Å². The van der Waals surface area contributed by atoms with Crippen molar-refractivity contribution in [2.24, 2.45) is 0 Å². The van der Waals surface area contributed by atoms with Crippen LogP contribution >= 0.6 is 0 Å². The molecule has 0 saturated carbocycles. The van der Waals surface area contributed by atoms with Crippen molar-refractivity contribution in [3.63, 3.8) is 0 Å². The largest absolute Gasteiger partial charge is 0.295 e. The molecule has 2 aliphatic rings. The Kier molecular flexibility index (Phi) is 2.69. The monoisotopic (exact) mass is 225 g/mol. The third-order valence-electron chi connectivity index (χ3n) is 2.61. The van der Waals surface area contributed by atoms with Gasteiger partial charge in [0.2, 0.25) is 23.6 Å². The van der Waals surface area contributed by atoms with Crippen molar-refractivity contribution in [3.8, 4) is 0 Å². The molecule has 2 rings (SSSR count). The van der Waals surface area contributed by atoms with Gasteiger partial charge in [0.25, 0.3) is 0 Å². The molecule has 0 aromatic carbocycles. The van der Waals surface area contributed by atoms with Crippen molar-refractivity contribution in [1.29, 1.82) is 0 Å². The Morgan fingerprint density at radius 1 is 0.938 bits per heavy atom. The van der Waals surface area contributed by atoms with Gasteiger partial charge in [-0.1, -0.05) is 0 Å². The average molecular weight is 225 g/mol. The molecular formula is C9H11N3O4. The van der Waals surface area contributed by atoms with Crippen LogP contribution in [-0.4, -0.2) is 35.7 Å². The van der Waals surface area contributed by atoms with Crippen molar-refractivity contribution < 1.29 is 19.2 Å². The van der Waals surface area contributed by atoms with E-state index in [2.05, 4.69) is 16.0 Å². The molecule has 2 atom stereocenters. The van der Waals surface area contributed by atoms with E-state index in [0.717, 1.165) is 0 Å². The summed E-state index contributed by atoms with van der Waals surface area (Å²) in [4.78, 5) is 44.4. The lowest BCUT2D eigenvalue weighted by atomic mass is 10.0. The summed E-state index contributed by atoms with van der Waals surface area (Å²) in [5.74, 6) is -1.53. The first-order valence-electron chi connectivity index (χ1n) is 4.99. The number of carbonyl (C=O) groups is 4. The molecule has 2 saturated heterocycles. The summed E-state index contributed by atoms with van der Waals surface area (Å²) in [5, 5.41) is 7.08. The van der Waals surface area contributed by atoms with Gasteiger partial charge in [-0.25, -0.2) is 0 Å². The van der Waals surface area contributed by atoms with Crippen LogP contribution < -0.4 is 16.0 Å². The summed E-state index contributed by atoms with van der Waals surface area (Å²) in [6.45, 7) is 0. The van der Waals surface area contributed by atoms with E-state index in [-0.39, 0.29) is 24.7 Å². The zero-order valence-electron chi connectivity index (χ0n) is 8.41. The van der Waals surface area contributed by atoms with Gasteiger partial charge in [0.1, 0.15) is 0 Å². The van der Waals surface area contributed by atoms with Gasteiger partial charge in [-0.15, -0.1) is 0 Å². The lowest BCUT2D eigenvalue weighted by Crippen LogP contribution is -2.54. The number of nitrogens with one attached hydrogen (secondary N) is 3. The van der Waals surface area contributed by atoms with E-state index in [9.17, 15) is 19.2 Å². The summed E-state index contributed by atoms with van der Waals surface area (Å²) >= 11 is 0. The van der Waals surface area contributed by atoms with Crippen LogP contribution in [0.1, 0.15) is 19.3 Å². The van der Waals surface area contributed by atoms with Gasteiger partial charge in [-0.2, -0.15) is 0 Å². The number of carbonyl (C=O) groups excluding carboxylic acids is 4. The summed E-state index contributed by atoms with van der Waals surface area (Å²) in [6.07, 6.45) is 0.630. The Hall–Kier alpha value is -1.76. The van der Waals surface area contributed by atoms with Crippen LogP contribution in [0.3, 0.4) is 0 Å². The highest BCUT2D eigenvalue weighted by molar-refractivity contribution is 6.06. The zero-order valence-corrected chi connectivity index (χ0v) is 8.41. The van der Waals surface area contributed by atoms with E-state index < -0.39 is 23.9 Å². The molecule has 2 fully saturated rings. The minimum Gasteiger partial charge on any atom is -0.295 e. The highest BCUT2D eigenvalue weighted by Gasteiger charge is 2.35. The zero-order chi connectivity index (χ0) is 11.7. The highest BCUT2D eigenvalue weighted by Crippen LogP contribution is 2.09. The fourth-order valence-corrected chi connectivity index (χ4v) is 1.78. The summed E-state index contributed by atoms with van der Waals surface area (Å²) < 4.78 is 0. The van der Waals surface area contributed by atoms with Crippen LogP contribution in [0.15, 0.2) is 0 Å². The molecule has 2 heterocycles. The standard InChI is InChI=1S/C9H11N3O4/c13-6-2-1-4(8(15)11-6)10-5-3-7(14)12-9(5)16/h4-5,10H,1-3H2,(H,11,13,15)(H,12,14,16). The molecule has 0 aromatic heterocycles. The second-order valence-corrected chi connectivity index (χ2v) is 3.84. The molecule has 3 N–H and O–H groups in total. The number of hydrogen-bond donors (Lipinski definition) is 3. The molecule has 16 heavy (non-hydrogen) atoms. The number of piperidine rings is 1. The van der Waals surface area contributed by atoms with Crippen LogP contribution in [0.4, 0.5) is 0 Å². The maximum Gasteiger partial charge on any atom is 0.244 e. The SMILES string of the molecule is O=C1CCC(NC2CC(=O)NC2=O)C(=O)N1. The molecule has 86 valence electrons. The van der Waals surface area contributed by atoms with Crippen molar-refractivity contribution in [3.05, 3.63) is 0 Å². The Morgan fingerprint density at radius 2 is 1.56 bits per heavy atom. The van der Waals surface area contributed by atoms with Crippen LogP contribution in [0, 0.1) is 0 Å². The van der Waals surface area contributed by atoms with Crippen molar-refractivity contribution in [2.75, 3.05) is 0 Å². The van der Waals surface area contributed by atoms with Gasteiger partial charge < -0.3 is 0 Å². The van der Waals surface area contributed by atoms with Crippen molar-refractivity contribution in [2.45, 2.75) is 31.3 Å². The van der Waals surface area contributed by atoms with E-state index >= 15 is 0 Å². The van der Waals surface area contributed by atoms with Gasteiger partial charge in [-0.05, 0) is 6.42 Å². The molecule has 4 amide bonds. The number of imide groups is 2. The van der Waals surface area contributed by atoms with Crippen LogP contribution in [0.2, 0.25) is 0 Å². The topological polar surface area (TPSA) is 104 Å². The van der Waals surface area contributed by atoms with Crippen molar-refractivity contribution in [1.82, 2.24) is 16.0 Å². The van der Waals surface area contributed by atoms with E-state index in [1.54, 1.807) is 0 Å². The van der Waals surface area contributed by atoms with E-state index in [1.165, 1.54) is 0 Å². The second kappa shape index (κ2) is 4.01. The fourth-order valence-electron chi connectivity index (χ4n) is 1.78. The molecule has 7 heteroatoms. The molecule has 0 radical (unpaired) electrons. The van der Waals surface area contributed by atoms with Crippen LogP contribution in [-0.2, 0) is 19.2 Å². The van der Waals surface area contributed by atoms with E-state index in [1.807, 2.05) is 0 Å². The molecule has 0 aromatic rings. The fraction of sp³-hybridized carbons (Fsp3) is 0.556. The lowest BCUT2D eigenvalue weighted by molar-refractivity contribution is -0.135. The van der Waals surface area contributed by atoms with Crippen LogP contribution in [0.5, 0.6) is 0 Å². The van der Waals surface area contributed by atoms with Crippen molar-refractivity contribution >= 4 is 23.6 Å². The van der Waals surface area contributed by atoms with Gasteiger partial charge in [0.15, 0.2) is 0 Å². The Morgan fingerprint density at radius 3 is 2.12 bits per heavy atom. The predicted molar refractivity (Wildman–Crippen MR) is 50.9 cm³/mol. The molecule has 7 nitrogen and oxygen atoms in total. The third-order valence-corrected chi connectivity index (χ3v) is 2.61. The molecule has 0 spiro atoms. The minimum atomic E-state index is -0.670. The average Bonchev–Trinajstić information content (AvgIpc) is 2.50. The number of amides is 4. The first-order valence-corrected chi connectivity index (χ1v) is 4.99. The Labute approximate surface area is 90.9 Å². The quantitative estimate of drug-likeness (QED) is 0.462. The van der Waals surface area contributed by atoms with Gasteiger partial charge in [0, 0.05) is 6.42 Å². The normalized spacial score (nSPS) is 30.2. The smallest absolute Gasteiger partial charge is 0.244 e. The van der Waals surface area contributed by atoms with E-state index in [4.69, 9.17) is 0 Å². The van der Waals surface area contributed by atoms with Crippen LogP contribution in [0.25, 0.3) is 0 Å². The summed E-state index contributed by atoms with van der Waals surface area (Å²) in [7, 11) is 0. The number of hydrogen-bond acceptors (Lipinski definition) is 5. The molecular weight excluding hydrogens is 214 g/mol. The van der Waals surface area contributed by atoms with Gasteiger partial charge in [-0.3, -0.25) is 35.1 Å². The molecule has 0 bridgehead atoms. The highest BCUT2D eigenvalue weighted by atomic mass is 16.2. The maximum absolute atomic E-state index is 11.4. The first kappa shape index (κ1) is 10.7. The minimum absolute atomic E-state index is 0.0383. The van der Waals surface area contributed by atoms with Gasteiger partial charge >= 0.3 is 0 Å².